The topological polar surface area (TPSA) is 372 Å². The van der Waals surface area contributed by atoms with E-state index in [0.29, 0.717) is 0 Å². The summed E-state index contributed by atoms with van der Waals surface area (Å²) in [5.74, 6) is -6.02. The molecule has 4 heterocycles. The number of hydrogen-bond donors (Lipinski definition) is 10. The predicted molar refractivity (Wildman–Crippen MR) is 154 cm³/mol. The van der Waals surface area contributed by atoms with Gasteiger partial charge in [0.2, 0.25) is 0 Å². The predicted octanol–water partition coefficient (Wildman–Crippen LogP) is -7.89. The largest absolute Gasteiger partial charge is 0.479 e. The summed E-state index contributed by atoms with van der Waals surface area (Å²) in [5.41, 5.74) is 0. The molecule has 4 fully saturated rings. The average molecular weight is 779 g/mol. The van der Waals surface area contributed by atoms with E-state index in [1.165, 1.54) is 0 Å². The molecule has 25 heteroatoms. The van der Waals surface area contributed by atoms with Crippen molar-refractivity contribution in [2.75, 3.05) is 28.4 Å². The summed E-state index contributed by atoms with van der Waals surface area (Å²) in [4.78, 5) is 49.3. The van der Waals surface area contributed by atoms with E-state index in [1.54, 1.807) is 0 Å². The molecule has 304 valence electrons. The maximum atomic E-state index is 12.8. The van der Waals surface area contributed by atoms with Crippen molar-refractivity contribution < 1.29 is 122 Å². The first-order valence-corrected chi connectivity index (χ1v) is 15.6. The Morgan fingerprint density at radius 3 is 1.00 bits per heavy atom. The molecule has 0 amide bonds. The van der Waals surface area contributed by atoms with E-state index in [2.05, 4.69) is 9.47 Å². The highest BCUT2D eigenvalue weighted by Gasteiger charge is 2.58. The Bertz CT molecular complexity index is 1290. The van der Waals surface area contributed by atoms with E-state index in [9.17, 15) is 70.2 Å². The number of aliphatic hydroxyl groups excluding tert-OH is 8. The van der Waals surface area contributed by atoms with Crippen LogP contribution < -0.4 is 0 Å². The number of esters is 2. The molecule has 0 saturated carbocycles. The molecule has 25 nitrogen and oxygen atoms in total. The zero-order valence-corrected chi connectivity index (χ0v) is 28.1. The van der Waals surface area contributed by atoms with Gasteiger partial charge in [-0.3, -0.25) is 0 Å². The standard InChI is InChI=1S/C28H42O25/c1-43-13-5(29)10(34)26(51-17(13)21(37)38)48-15-8(32)12(36)28(53-19(15)23(41)44-2)49-16-7(31)11(35)27(52-20(16)24(42)45-3)47-14-6(30)9(33)25(46-4)50-18(14)22(39)40/h5-20,25-36H,1-4H3,(H,37,38)(H,39,40)/t5-,6?,7-,8?,9?,10?,11?,12?,13+,14+,15+,16+,17?,18+,19+,20?,25-,26-,27-,28-/m0/s1. The number of carbonyl (C=O) groups excluding carboxylic acids is 2. The molecule has 20 atom stereocenters. The number of ether oxygens (including phenoxy) is 11. The van der Waals surface area contributed by atoms with Gasteiger partial charge in [-0.25, -0.2) is 19.2 Å². The summed E-state index contributed by atoms with van der Waals surface area (Å²) in [5, 5.41) is 105. The van der Waals surface area contributed by atoms with Crippen LogP contribution in [0.25, 0.3) is 0 Å². The third kappa shape index (κ3) is 8.55. The number of rotatable bonds is 12. The van der Waals surface area contributed by atoms with Crippen LogP contribution in [0.1, 0.15) is 0 Å². The maximum absolute atomic E-state index is 12.8. The molecular weight excluding hydrogens is 736 g/mol. The normalized spacial score (nSPS) is 46.3. The number of methoxy groups -OCH3 is 4. The van der Waals surface area contributed by atoms with E-state index in [0.717, 1.165) is 28.4 Å². The molecule has 0 radical (unpaired) electrons. The fraction of sp³-hybridized carbons (Fsp3) is 0.857. The number of carboxylic acids is 2. The van der Waals surface area contributed by atoms with E-state index in [1.807, 2.05) is 0 Å². The highest BCUT2D eigenvalue weighted by atomic mass is 16.8. The maximum Gasteiger partial charge on any atom is 0.337 e. The highest BCUT2D eigenvalue weighted by molar-refractivity contribution is 5.76. The molecule has 8 unspecified atom stereocenters. The van der Waals surface area contributed by atoms with Crippen molar-refractivity contribution in [3.05, 3.63) is 0 Å². The van der Waals surface area contributed by atoms with Gasteiger partial charge in [0.1, 0.15) is 73.2 Å². The van der Waals surface area contributed by atoms with Gasteiger partial charge in [-0.1, -0.05) is 0 Å². The van der Waals surface area contributed by atoms with Crippen molar-refractivity contribution >= 4 is 23.9 Å². The number of carbonyl (C=O) groups is 4. The molecule has 0 bridgehead atoms. The first-order valence-electron chi connectivity index (χ1n) is 15.6. The van der Waals surface area contributed by atoms with E-state index in [-0.39, 0.29) is 0 Å². The van der Waals surface area contributed by atoms with Gasteiger partial charge in [0, 0.05) is 14.2 Å². The van der Waals surface area contributed by atoms with E-state index >= 15 is 0 Å². The SMILES string of the molecule is COC(=O)C1O[C@H](O[C@@H]2C(O)C(O)[C@@H](OC)O[C@H]2C(=O)O)C(O)[C@H](O)[C@H]1O[C@H]1O[C@@H](C(=O)OC)[C@H](O[C@H]2OC(C(=O)O)[C@H](OC)[C@@H](O)C2O)C(O)C1O. The molecule has 10 N–H and O–H groups in total. The number of aliphatic hydroxyl groups is 8. The molecule has 0 aliphatic carbocycles. The fourth-order valence-corrected chi connectivity index (χ4v) is 6.07. The molecule has 53 heavy (non-hydrogen) atoms. The second-order valence-corrected chi connectivity index (χ2v) is 12.1. The van der Waals surface area contributed by atoms with Crippen LogP contribution in [0, 0.1) is 0 Å². The van der Waals surface area contributed by atoms with E-state index < -0.39 is 147 Å². The summed E-state index contributed by atoms with van der Waals surface area (Å²) < 4.78 is 56.7. The molecule has 0 aromatic rings. The van der Waals surface area contributed by atoms with Crippen LogP contribution in [0.3, 0.4) is 0 Å². The fourth-order valence-electron chi connectivity index (χ4n) is 6.07. The first-order chi connectivity index (χ1) is 24.9. The van der Waals surface area contributed by atoms with Crippen molar-refractivity contribution in [1.82, 2.24) is 0 Å². The van der Waals surface area contributed by atoms with Crippen LogP contribution in [-0.2, 0) is 71.3 Å². The number of hydrogen-bond acceptors (Lipinski definition) is 23. The molecular formula is C28H42O25. The van der Waals surface area contributed by atoms with Gasteiger partial charge in [0.05, 0.1) is 14.2 Å². The molecule has 0 aromatic heterocycles. The van der Waals surface area contributed by atoms with Crippen molar-refractivity contribution in [2.45, 2.75) is 123 Å². The third-order valence-corrected chi connectivity index (χ3v) is 8.91. The highest BCUT2D eigenvalue weighted by Crippen LogP contribution is 2.35. The summed E-state index contributed by atoms with van der Waals surface area (Å²) in [7, 11) is 3.81. The van der Waals surface area contributed by atoms with Gasteiger partial charge in [0.15, 0.2) is 49.6 Å². The lowest BCUT2D eigenvalue weighted by molar-refractivity contribution is -0.379. The van der Waals surface area contributed by atoms with Crippen molar-refractivity contribution in [3.8, 4) is 0 Å². The van der Waals surface area contributed by atoms with Crippen LogP contribution in [0.15, 0.2) is 0 Å². The van der Waals surface area contributed by atoms with Crippen LogP contribution in [0.2, 0.25) is 0 Å². The van der Waals surface area contributed by atoms with Gasteiger partial charge in [-0.15, -0.1) is 0 Å². The van der Waals surface area contributed by atoms with Crippen LogP contribution in [0.4, 0.5) is 0 Å². The van der Waals surface area contributed by atoms with Crippen LogP contribution >= 0.6 is 0 Å². The summed E-state index contributed by atoms with van der Waals surface area (Å²) >= 11 is 0. The Kier molecular flexibility index (Phi) is 14.4. The Morgan fingerprint density at radius 2 is 0.679 bits per heavy atom. The minimum Gasteiger partial charge on any atom is -0.479 e. The lowest BCUT2D eigenvalue weighted by atomic mass is 9.95. The van der Waals surface area contributed by atoms with Crippen molar-refractivity contribution in [2.24, 2.45) is 0 Å². The quantitative estimate of drug-likeness (QED) is 0.0822. The van der Waals surface area contributed by atoms with Gasteiger partial charge in [-0.2, -0.15) is 0 Å². The lowest BCUT2D eigenvalue weighted by Crippen LogP contribution is -2.68. The molecule has 4 saturated heterocycles. The smallest absolute Gasteiger partial charge is 0.337 e. The molecule has 0 spiro atoms. The summed E-state index contributed by atoms with van der Waals surface area (Å²) in [6.07, 6.45) is -41.1. The minimum absolute atomic E-state index is 0.865. The number of aliphatic carboxylic acids is 2. The first kappa shape index (κ1) is 42.9. The number of carboxylic acid groups (broad SMARTS) is 2. The Hall–Kier alpha value is -2.80. The second kappa shape index (κ2) is 17.8. The third-order valence-electron chi connectivity index (χ3n) is 8.91. The van der Waals surface area contributed by atoms with Crippen molar-refractivity contribution in [3.63, 3.8) is 0 Å². The summed E-state index contributed by atoms with van der Waals surface area (Å²) in [6, 6.07) is 0. The zero-order valence-electron chi connectivity index (χ0n) is 28.1. The zero-order chi connectivity index (χ0) is 39.6. The molecule has 4 aliphatic rings. The Labute approximate surface area is 297 Å². The Morgan fingerprint density at radius 1 is 0.396 bits per heavy atom. The minimum atomic E-state index is -2.29. The average Bonchev–Trinajstić information content (AvgIpc) is 3.13. The Balaban J connectivity index is 1.56. The van der Waals surface area contributed by atoms with Crippen LogP contribution in [-0.4, -0.2) is 226 Å². The van der Waals surface area contributed by atoms with Crippen molar-refractivity contribution in [1.29, 1.82) is 0 Å². The van der Waals surface area contributed by atoms with Gasteiger partial charge in [0.25, 0.3) is 0 Å². The van der Waals surface area contributed by atoms with Gasteiger partial charge in [-0.05, 0) is 0 Å². The van der Waals surface area contributed by atoms with E-state index in [4.69, 9.17) is 42.6 Å². The van der Waals surface area contributed by atoms with Crippen LogP contribution in [0.5, 0.6) is 0 Å². The second-order valence-electron chi connectivity index (χ2n) is 12.1. The lowest BCUT2D eigenvalue weighted by Gasteiger charge is -2.48. The summed E-state index contributed by atoms with van der Waals surface area (Å²) in [6.45, 7) is 0. The van der Waals surface area contributed by atoms with Gasteiger partial charge >= 0.3 is 23.9 Å². The van der Waals surface area contributed by atoms with Gasteiger partial charge < -0.3 is 103 Å². The molecule has 4 rings (SSSR count). The molecule has 0 aromatic carbocycles. The molecule has 4 aliphatic heterocycles. The monoisotopic (exact) mass is 778 g/mol.